The maximum Gasteiger partial charge on any atom is 0.254 e. The van der Waals surface area contributed by atoms with Gasteiger partial charge in [0.15, 0.2) is 9.84 Å². The summed E-state index contributed by atoms with van der Waals surface area (Å²) in [6, 6.07) is 2.49. The van der Waals surface area contributed by atoms with Crippen molar-refractivity contribution in [2.45, 2.75) is 32.9 Å². The maximum atomic E-state index is 13.4. The first kappa shape index (κ1) is 19.5. The summed E-state index contributed by atoms with van der Waals surface area (Å²) in [6.07, 6.45) is 0.515. The topological polar surface area (TPSA) is 72.3 Å². The van der Waals surface area contributed by atoms with Crippen molar-refractivity contribution in [2.24, 2.45) is 0 Å². The van der Waals surface area contributed by atoms with Crippen LogP contribution in [0.3, 0.4) is 0 Å². The lowest BCUT2D eigenvalue weighted by molar-refractivity contribution is 0.0783. The van der Waals surface area contributed by atoms with E-state index >= 15 is 0 Å². The molecule has 0 saturated carbocycles. The Morgan fingerprint density at radius 1 is 1.26 bits per heavy atom. The summed E-state index contributed by atoms with van der Waals surface area (Å²) >= 11 is 0. The van der Waals surface area contributed by atoms with E-state index in [1.807, 2.05) is 6.92 Å². The number of nitrogens with zero attached hydrogens (tertiary/aromatic N) is 3. The van der Waals surface area contributed by atoms with Crippen LogP contribution >= 0.6 is 0 Å². The zero-order valence-electron chi connectivity index (χ0n) is 15.4. The van der Waals surface area contributed by atoms with Crippen LogP contribution in [0.25, 0.3) is 0 Å². The first-order chi connectivity index (χ1) is 12.6. The highest BCUT2D eigenvalue weighted by Crippen LogP contribution is 2.27. The standard InChI is InChI=1S/C18H21F2N3O3S/c1-11-17(12(2)23(21-11)16-4-5-27(25,26)10-16)9-22(3)18(24)13-6-14(19)8-15(20)7-13/h6-8,16H,4-5,9-10H2,1-3H3/t16-/m1/s1. The molecule has 2 heterocycles. The number of hydrogen-bond acceptors (Lipinski definition) is 4. The number of sulfone groups is 1. The van der Waals surface area contributed by atoms with Crippen LogP contribution in [-0.2, 0) is 16.4 Å². The third-order valence-electron chi connectivity index (χ3n) is 4.88. The van der Waals surface area contributed by atoms with Crippen molar-refractivity contribution in [2.75, 3.05) is 18.6 Å². The quantitative estimate of drug-likeness (QED) is 0.794. The second-order valence-electron chi connectivity index (χ2n) is 6.97. The van der Waals surface area contributed by atoms with Gasteiger partial charge in [-0.1, -0.05) is 0 Å². The Morgan fingerprint density at radius 2 is 1.89 bits per heavy atom. The number of hydrogen-bond donors (Lipinski definition) is 0. The second kappa shape index (κ2) is 7.03. The number of aryl methyl sites for hydroxylation is 1. The fraction of sp³-hybridized carbons (Fsp3) is 0.444. The molecule has 9 heteroatoms. The molecule has 6 nitrogen and oxygen atoms in total. The van der Waals surface area contributed by atoms with E-state index in [1.165, 1.54) is 4.90 Å². The van der Waals surface area contributed by atoms with Gasteiger partial charge >= 0.3 is 0 Å². The van der Waals surface area contributed by atoms with E-state index in [4.69, 9.17) is 0 Å². The van der Waals surface area contributed by atoms with Gasteiger partial charge in [0, 0.05) is 36.5 Å². The summed E-state index contributed by atoms with van der Waals surface area (Å²) in [6.45, 7) is 3.83. The Labute approximate surface area is 156 Å². The molecule has 2 aromatic rings. The van der Waals surface area contributed by atoms with Crippen LogP contribution < -0.4 is 0 Å². The smallest absolute Gasteiger partial charge is 0.254 e. The molecule has 0 radical (unpaired) electrons. The van der Waals surface area contributed by atoms with E-state index < -0.39 is 27.4 Å². The number of rotatable bonds is 4. The molecule has 0 spiro atoms. The zero-order chi connectivity index (χ0) is 19.9. The van der Waals surface area contributed by atoms with Crippen molar-refractivity contribution < 1.29 is 22.0 Å². The average molecular weight is 397 g/mol. The Morgan fingerprint density at radius 3 is 2.44 bits per heavy atom. The molecule has 146 valence electrons. The van der Waals surface area contributed by atoms with E-state index in [-0.39, 0.29) is 29.7 Å². The van der Waals surface area contributed by atoms with E-state index in [1.54, 1.807) is 18.7 Å². The molecule has 1 aromatic heterocycles. The minimum Gasteiger partial charge on any atom is -0.337 e. The van der Waals surface area contributed by atoms with Gasteiger partial charge in [-0.15, -0.1) is 0 Å². The predicted molar refractivity (Wildman–Crippen MR) is 96.2 cm³/mol. The number of amides is 1. The molecule has 1 fully saturated rings. The lowest BCUT2D eigenvalue weighted by Gasteiger charge is -2.18. The summed E-state index contributed by atoms with van der Waals surface area (Å²) in [5.74, 6) is -1.92. The van der Waals surface area contributed by atoms with Crippen LogP contribution in [0.15, 0.2) is 18.2 Å². The zero-order valence-corrected chi connectivity index (χ0v) is 16.2. The molecular weight excluding hydrogens is 376 g/mol. The molecule has 3 rings (SSSR count). The van der Waals surface area contributed by atoms with Gasteiger partial charge in [-0.2, -0.15) is 5.10 Å². The molecule has 1 aromatic carbocycles. The fourth-order valence-corrected chi connectivity index (χ4v) is 5.15. The second-order valence-corrected chi connectivity index (χ2v) is 9.20. The molecule has 1 aliphatic heterocycles. The van der Waals surface area contributed by atoms with E-state index in [0.29, 0.717) is 18.2 Å². The lowest BCUT2D eigenvalue weighted by atomic mass is 10.1. The third kappa shape index (κ3) is 4.02. The van der Waals surface area contributed by atoms with Crippen molar-refractivity contribution in [3.63, 3.8) is 0 Å². The number of carbonyl (C=O) groups is 1. The van der Waals surface area contributed by atoms with E-state index in [9.17, 15) is 22.0 Å². The van der Waals surface area contributed by atoms with Gasteiger partial charge in [0.25, 0.3) is 5.91 Å². The molecular formula is C18H21F2N3O3S. The molecule has 1 amide bonds. The molecule has 1 atom stereocenters. The van der Waals surface area contributed by atoms with Crippen LogP contribution in [0.5, 0.6) is 0 Å². The third-order valence-corrected chi connectivity index (χ3v) is 6.63. The maximum absolute atomic E-state index is 13.4. The molecule has 0 N–H and O–H groups in total. The van der Waals surface area contributed by atoms with Gasteiger partial charge in [0.2, 0.25) is 0 Å². The largest absolute Gasteiger partial charge is 0.337 e. The SMILES string of the molecule is Cc1nn([C@@H]2CCS(=O)(=O)C2)c(C)c1CN(C)C(=O)c1cc(F)cc(F)c1. The Bertz CT molecular complexity index is 981. The molecule has 1 aliphatic rings. The van der Waals surface area contributed by atoms with Crippen LogP contribution in [-0.4, -0.2) is 47.6 Å². The molecule has 0 unspecified atom stereocenters. The Kier molecular flexibility index (Phi) is 5.07. The van der Waals surface area contributed by atoms with Crippen LogP contribution in [0.2, 0.25) is 0 Å². The van der Waals surface area contributed by atoms with E-state index in [2.05, 4.69) is 5.10 Å². The molecule has 0 bridgehead atoms. The predicted octanol–water partition coefficient (Wildman–Crippen LogP) is 2.41. The fourth-order valence-electron chi connectivity index (χ4n) is 3.46. The summed E-state index contributed by atoms with van der Waals surface area (Å²) in [5, 5.41) is 4.47. The first-order valence-electron chi connectivity index (χ1n) is 8.54. The van der Waals surface area contributed by atoms with Gasteiger partial charge in [-0.3, -0.25) is 9.48 Å². The number of halogens is 2. The van der Waals surface area contributed by atoms with E-state index in [0.717, 1.165) is 23.4 Å². The number of aromatic nitrogens is 2. The average Bonchev–Trinajstić information content (AvgIpc) is 3.06. The highest BCUT2D eigenvalue weighted by Gasteiger charge is 2.31. The highest BCUT2D eigenvalue weighted by atomic mass is 32.2. The highest BCUT2D eigenvalue weighted by molar-refractivity contribution is 7.91. The van der Waals surface area contributed by atoms with Gasteiger partial charge in [0.05, 0.1) is 23.2 Å². The van der Waals surface area contributed by atoms with Crippen molar-refractivity contribution in [3.8, 4) is 0 Å². The molecule has 0 aliphatic carbocycles. The lowest BCUT2D eigenvalue weighted by Crippen LogP contribution is -2.27. The van der Waals surface area contributed by atoms with Crippen molar-refractivity contribution in [1.82, 2.24) is 14.7 Å². The summed E-state index contributed by atoms with van der Waals surface area (Å²) in [4.78, 5) is 13.9. The Balaban J connectivity index is 1.82. The van der Waals surface area contributed by atoms with Crippen molar-refractivity contribution >= 4 is 15.7 Å². The van der Waals surface area contributed by atoms with Gasteiger partial charge in [-0.05, 0) is 32.4 Å². The van der Waals surface area contributed by atoms with Crippen molar-refractivity contribution in [3.05, 3.63) is 52.3 Å². The monoisotopic (exact) mass is 397 g/mol. The van der Waals surface area contributed by atoms with Gasteiger partial charge < -0.3 is 4.90 Å². The first-order valence-corrected chi connectivity index (χ1v) is 10.4. The van der Waals surface area contributed by atoms with Crippen LogP contribution in [0, 0.1) is 25.5 Å². The summed E-state index contributed by atoms with van der Waals surface area (Å²) in [7, 11) is -1.50. The van der Waals surface area contributed by atoms with Gasteiger partial charge in [0.1, 0.15) is 11.6 Å². The summed E-state index contributed by atoms with van der Waals surface area (Å²) in [5.41, 5.74) is 2.22. The number of carbonyl (C=O) groups excluding carboxylic acids is 1. The van der Waals surface area contributed by atoms with Gasteiger partial charge in [-0.25, -0.2) is 17.2 Å². The van der Waals surface area contributed by atoms with Crippen LogP contribution in [0.1, 0.15) is 39.8 Å². The number of benzene rings is 1. The van der Waals surface area contributed by atoms with Crippen molar-refractivity contribution in [1.29, 1.82) is 0 Å². The minimum absolute atomic E-state index is 0.0612. The summed E-state index contributed by atoms with van der Waals surface area (Å²) < 4.78 is 51.9. The van der Waals surface area contributed by atoms with Crippen LogP contribution in [0.4, 0.5) is 8.78 Å². The normalized spacial score (nSPS) is 18.6. The molecule has 1 saturated heterocycles. The molecule has 27 heavy (non-hydrogen) atoms. The Hall–Kier alpha value is -2.29. The minimum atomic E-state index is -3.04.